The number of nitrogens with zero attached hydrogens (tertiary/aromatic N) is 2. The minimum absolute atomic E-state index is 0.369. The number of ether oxygens (including phenoxy) is 1. The number of hydrogen-bond acceptors (Lipinski definition) is 6. The second-order valence-electron chi connectivity index (χ2n) is 5.47. The molecule has 0 N–H and O–H groups in total. The highest BCUT2D eigenvalue weighted by molar-refractivity contribution is 7.18. The average molecular weight is 338 g/mol. The Labute approximate surface area is 141 Å². The van der Waals surface area contributed by atoms with E-state index in [4.69, 9.17) is 9.15 Å². The molecule has 0 spiro atoms. The van der Waals surface area contributed by atoms with Gasteiger partial charge in [0.1, 0.15) is 22.5 Å². The topological polar surface area (TPSA) is 65.2 Å². The first-order valence-electron chi connectivity index (χ1n) is 7.60. The number of hydrogen-bond donors (Lipinski definition) is 0. The van der Waals surface area contributed by atoms with Crippen molar-refractivity contribution in [2.45, 2.75) is 20.3 Å². The summed E-state index contributed by atoms with van der Waals surface area (Å²) < 4.78 is 11.2. The second-order valence-corrected chi connectivity index (χ2v) is 6.59. The van der Waals surface area contributed by atoms with E-state index in [-0.39, 0.29) is 5.63 Å². The third kappa shape index (κ3) is 2.55. The first-order valence-corrected chi connectivity index (χ1v) is 8.41. The Balaban J connectivity index is 1.79. The third-order valence-corrected chi connectivity index (χ3v) is 5.02. The first-order chi connectivity index (χ1) is 11.6. The molecule has 0 amide bonds. The van der Waals surface area contributed by atoms with Gasteiger partial charge in [-0.05, 0) is 37.1 Å². The summed E-state index contributed by atoms with van der Waals surface area (Å²) >= 11 is 1.64. The normalized spacial score (nSPS) is 11.2. The van der Waals surface area contributed by atoms with Crippen molar-refractivity contribution >= 4 is 32.5 Å². The Hall–Kier alpha value is -2.73. The van der Waals surface area contributed by atoms with Crippen molar-refractivity contribution in [3.05, 3.63) is 57.5 Å². The molecule has 4 rings (SSSR count). The van der Waals surface area contributed by atoms with Crippen molar-refractivity contribution in [1.82, 2.24) is 9.97 Å². The molecule has 0 bridgehead atoms. The molecule has 24 heavy (non-hydrogen) atoms. The van der Waals surface area contributed by atoms with Gasteiger partial charge >= 0.3 is 5.63 Å². The highest BCUT2D eigenvalue weighted by Gasteiger charge is 2.11. The third-order valence-electron chi connectivity index (χ3n) is 3.83. The molecule has 4 aromatic rings. The van der Waals surface area contributed by atoms with Gasteiger partial charge in [-0.25, -0.2) is 14.8 Å². The fourth-order valence-electron chi connectivity index (χ4n) is 2.62. The number of benzene rings is 1. The first kappa shape index (κ1) is 14.8. The lowest BCUT2D eigenvalue weighted by Gasteiger charge is -2.07. The average Bonchev–Trinajstić information content (AvgIpc) is 2.99. The fourth-order valence-corrected chi connectivity index (χ4v) is 3.55. The zero-order valence-corrected chi connectivity index (χ0v) is 14.0. The van der Waals surface area contributed by atoms with Gasteiger partial charge in [0.15, 0.2) is 0 Å². The number of fused-ring (bicyclic) bond motifs is 2. The van der Waals surface area contributed by atoms with E-state index in [0.717, 1.165) is 27.6 Å². The minimum Gasteiger partial charge on any atom is -0.438 e. The lowest BCUT2D eigenvalue weighted by atomic mass is 10.1. The standard InChI is InChI=1S/C18H14N2O3S/c1-3-12-8-14-17(19-9-20-18(14)24-12)22-11-4-5-13-10(2)6-16(21)23-15(13)7-11/h4-9H,3H2,1-2H3. The molecule has 0 radical (unpaired) electrons. The molecule has 0 saturated heterocycles. The molecule has 1 aromatic carbocycles. The Bertz CT molecular complexity index is 1110. The molecule has 0 aliphatic heterocycles. The van der Waals surface area contributed by atoms with Crippen LogP contribution in [0.5, 0.6) is 11.6 Å². The number of aromatic nitrogens is 2. The molecule has 5 nitrogen and oxygen atoms in total. The molecule has 0 unspecified atom stereocenters. The van der Waals surface area contributed by atoms with Crippen molar-refractivity contribution in [1.29, 1.82) is 0 Å². The van der Waals surface area contributed by atoms with Gasteiger partial charge in [0.2, 0.25) is 5.88 Å². The maximum Gasteiger partial charge on any atom is 0.336 e. The van der Waals surface area contributed by atoms with Gasteiger partial charge in [-0.3, -0.25) is 0 Å². The number of thiophene rings is 1. The van der Waals surface area contributed by atoms with E-state index >= 15 is 0 Å². The van der Waals surface area contributed by atoms with Crippen molar-refractivity contribution in [3.8, 4) is 11.6 Å². The fraction of sp³-hybridized carbons (Fsp3) is 0.167. The van der Waals surface area contributed by atoms with Crippen molar-refractivity contribution < 1.29 is 9.15 Å². The van der Waals surface area contributed by atoms with E-state index in [1.54, 1.807) is 17.4 Å². The maximum absolute atomic E-state index is 11.6. The van der Waals surface area contributed by atoms with Crippen LogP contribution in [0.4, 0.5) is 0 Å². The summed E-state index contributed by atoms with van der Waals surface area (Å²) in [5.74, 6) is 1.07. The Morgan fingerprint density at radius 3 is 2.88 bits per heavy atom. The van der Waals surface area contributed by atoms with Gasteiger partial charge in [-0.15, -0.1) is 11.3 Å². The van der Waals surface area contributed by atoms with Crippen LogP contribution in [0.1, 0.15) is 17.4 Å². The van der Waals surface area contributed by atoms with Crippen molar-refractivity contribution in [2.75, 3.05) is 0 Å². The van der Waals surface area contributed by atoms with Crippen LogP contribution in [0.15, 0.2) is 45.9 Å². The molecule has 6 heteroatoms. The van der Waals surface area contributed by atoms with Gasteiger partial charge in [0.05, 0.1) is 5.39 Å². The van der Waals surface area contributed by atoms with Crippen molar-refractivity contribution in [2.24, 2.45) is 0 Å². The molecule has 0 atom stereocenters. The Kier molecular flexibility index (Phi) is 3.54. The van der Waals surface area contributed by atoms with Crippen LogP contribution in [0.3, 0.4) is 0 Å². The molecule has 0 saturated carbocycles. The summed E-state index contributed by atoms with van der Waals surface area (Å²) in [6, 6.07) is 8.97. The molecule has 120 valence electrons. The Morgan fingerprint density at radius 1 is 1.17 bits per heavy atom. The largest absolute Gasteiger partial charge is 0.438 e. The van der Waals surface area contributed by atoms with Gasteiger partial charge in [-0.1, -0.05) is 6.92 Å². The van der Waals surface area contributed by atoms with Gasteiger partial charge in [0, 0.05) is 22.4 Å². The summed E-state index contributed by atoms with van der Waals surface area (Å²) in [5, 5.41) is 1.78. The maximum atomic E-state index is 11.6. The molecule has 0 aliphatic carbocycles. The lowest BCUT2D eigenvalue weighted by Crippen LogP contribution is -1.98. The van der Waals surface area contributed by atoms with E-state index in [1.807, 2.05) is 19.1 Å². The molecule has 3 heterocycles. The van der Waals surface area contributed by atoms with E-state index in [1.165, 1.54) is 17.3 Å². The summed E-state index contributed by atoms with van der Waals surface area (Å²) in [5.41, 5.74) is 1.01. The van der Waals surface area contributed by atoms with Crippen LogP contribution in [-0.4, -0.2) is 9.97 Å². The van der Waals surface area contributed by atoms with Crippen LogP contribution in [-0.2, 0) is 6.42 Å². The Morgan fingerprint density at radius 2 is 2.04 bits per heavy atom. The minimum atomic E-state index is -0.369. The van der Waals surface area contributed by atoms with E-state index in [0.29, 0.717) is 17.2 Å². The van der Waals surface area contributed by atoms with E-state index in [2.05, 4.69) is 23.0 Å². The monoisotopic (exact) mass is 338 g/mol. The number of aryl methyl sites for hydroxylation is 2. The van der Waals surface area contributed by atoms with Crippen molar-refractivity contribution in [3.63, 3.8) is 0 Å². The lowest BCUT2D eigenvalue weighted by molar-refractivity contribution is 0.466. The second kappa shape index (κ2) is 5.72. The molecular formula is C18H14N2O3S. The summed E-state index contributed by atoms with van der Waals surface area (Å²) in [6.45, 7) is 3.98. The summed E-state index contributed by atoms with van der Waals surface area (Å²) in [6.07, 6.45) is 2.44. The van der Waals surface area contributed by atoms with E-state index < -0.39 is 0 Å². The van der Waals surface area contributed by atoms with Crippen LogP contribution in [0, 0.1) is 6.92 Å². The molecular weight excluding hydrogens is 324 g/mol. The molecule has 3 aromatic heterocycles. The highest BCUT2D eigenvalue weighted by atomic mass is 32.1. The zero-order valence-electron chi connectivity index (χ0n) is 13.2. The smallest absolute Gasteiger partial charge is 0.336 e. The molecule has 0 fully saturated rings. The zero-order chi connectivity index (χ0) is 16.7. The van der Waals surface area contributed by atoms with Crippen LogP contribution in [0.2, 0.25) is 0 Å². The van der Waals surface area contributed by atoms with Crippen LogP contribution in [0.25, 0.3) is 21.2 Å². The predicted molar refractivity (Wildman–Crippen MR) is 94.1 cm³/mol. The van der Waals surface area contributed by atoms with Crippen LogP contribution < -0.4 is 10.4 Å². The quantitative estimate of drug-likeness (QED) is 0.516. The highest BCUT2D eigenvalue weighted by Crippen LogP contribution is 2.33. The van der Waals surface area contributed by atoms with Gasteiger partial charge in [-0.2, -0.15) is 0 Å². The summed E-state index contributed by atoms with van der Waals surface area (Å²) in [7, 11) is 0. The van der Waals surface area contributed by atoms with Gasteiger partial charge in [0.25, 0.3) is 0 Å². The number of rotatable bonds is 3. The predicted octanol–water partition coefficient (Wildman–Crippen LogP) is 4.46. The summed E-state index contributed by atoms with van der Waals surface area (Å²) in [4.78, 5) is 22.2. The van der Waals surface area contributed by atoms with Gasteiger partial charge < -0.3 is 9.15 Å². The van der Waals surface area contributed by atoms with Crippen LogP contribution >= 0.6 is 11.3 Å². The SMILES string of the molecule is CCc1cc2c(Oc3ccc4c(C)cc(=O)oc4c3)ncnc2s1. The molecule has 0 aliphatic rings. The van der Waals surface area contributed by atoms with E-state index in [9.17, 15) is 4.79 Å².